The van der Waals surface area contributed by atoms with E-state index in [-0.39, 0.29) is 6.90 Å². The van der Waals surface area contributed by atoms with Gasteiger partial charge in [0.25, 0.3) is 0 Å². The summed E-state index contributed by atoms with van der Waals surface area (Å²) in [6.07, 6.45) is -0.473. The quantitative estimate of drug-likeness (QED) is 0.576. The average molecular weight is 133 g/mol. The highest BCUT2D eigenvalue weighted by molar-refractivity contribution is 5.77. The largest absolute Gasteiger partial charge is 0.481 e. The molecule has 0 fully saturated rings. The highest BCUT2D eigenvalue weighted by atomic mass is 16.4. The predicted octanol–water partition coefficient (Wildman–Crippen LogP) is 0.182. The maximum Gasteiger partial charge on any atom is 0.306 e. The van der Waals surface area contributed by atoms with E-state index in [0.29, 0.717) is 0 Å². The Morgan fingerprint density at radius 1 is 1.67 bits per heavy atom. The first-order valence-corrected chi connectivity index (χ1v) is 2.31. The molecule has 0 amide bonds. The lowest BCUT2D eigenvalue weighted by Gasteiger charge is -1.98. The van der Waals surface area contributed by atoms with Crippen LogP contribution in [-0.4, -0.2) is 22.2 Å². The van der Waals surface area contributed by atoms with Gasteiger partial charge in [0.2, 0.25) is 0 Å². The van der Waals surface area contributed by atoms with Gasteiger partial charge >= 0.3 is 11.9 Å². The van der Waals surface area contributed by atoms with E-state index in [4.69, 9.17) is 11.6 Å². The molecule has 0 aromatic rings. The van der Waals surface area contributed by atoms with E-state index in [2.05, 4.69) is 0 Å². The third kappa shape index (κ3) is 3.52. The Kier molecular flexibility index (Phi) is 2.06. The van der Waals surface area contributed by atoms with Crippen LogP contribution < -0.4 is 0 Å². The zero-order valence-electron chi connectivity index (χ0n) is 5.70. The van der Waals surface area contributed by atoms with Crippen molar-refractivity contribution >= 4 is 11.9 Å². The van der Waals surface area contributed by atoms with Gasteiger partial charge in [0.1, 0.15) is 0 Å². The molecule has 4 heteroatoms. The van der Waals surface area contributed by atoms with Crippen molar-refractivity contribution in [2.45, 2.75) is 13.3 Å². The molecule has 0 aliphatic heterocycles. The molecule has 0 aliphatic rings. The predicted molar refractivity (Wildman–Crippen MR) is 29.1 cm³/mol. The summed E-state index contributed by atoms with van der Waals surface area (Å²) < 4.78 is 6.64. The van der Waals surface area contributed by atoms with Crippen LogP contribution in [0.5, 0.6) is 0 Å². The van der Waals surface area contributed by atoms with E-state index in [1.54, 1.807) is 0 Å². The monoisotopic (exact) mass is 133 g/mol. The molecule has 0 heterocycles. The molecule has 2 N–H and O–H groups in total. The van der Waals surface area contributed by atoms with E-state index in [1.807, 2.05) is 0 Å². The van der Waals surface area contributed by atoms with Crippen molar-refractivity contribution in [1.82, 2.24) is 0 Å². The highest BCUT2D eigenvalue weighted by Crippen LogP contribution is 1.99. The Hall–Kier alpha value is -1.06. The van der Waals surface area contributed by atoms with Gasteiger partial charge in [-0.1, -0.05) is 6.90 Å². The van der Waals surface area contributed by atoms with Gasteiger partial charge in [-0.25, -0.2) is 0 Å². The van der Waals surface area contributed by atoms with Crippen molar-refractivity contribution < 1.29 is 21.2 Å². The second-order valence-corrected chi connectivity index (χ2v) is 1.63. The standard InChI is InChI=1S/C5H8O4/c1-3(5(8)9)2-4(6)7/h3H,2H2,1H3,(H,6,7)(H,8,9)/t3-/m0/s1/i1D. The third-order valence-corrected chi connectivity index (χ3v) is 0.770. The lowest BCUT2D eigenvalue weighted by atomic mass is 10.1. The molecule has 0 bridgehead atoms. The van der Waals surface area contributed by atoms with Crippen molar-refractivity contribution in [2.75, 3.05) is 0 Å². The summed E-state index contributed by atoms with van der Waals surface area (Å²) in [5, 5.41) is 16.4. The van der Waals surface area contributed by atoms with Crippen molar-refractivity contribution in [1.29, 1.82) is 0 Å². The smallest absolute Gasteiger partial charge is 0.306 e. The summed E-state index contributed by atoms with van der Waals surface area (Å²) in [4.78, 5) is 20.0. The van der Waals surface area contributed by atoms with Gasteiger partial charge in [0.05, 0.1) is 12.3 Å². The van der Waals surface area contributed by atoms with Gasteiger partial charge in [-0.2, -0.15) is 0 Å². The van der Waals surface area contributed by atoms with Crippen LogP contribution in [-0.2, 0) is 9.59 Å². The van der Waals surface area contributed by atoms with Crippen LogP contribution in [0.2, 0.25) is 0 Å². The molecule has 4 nitrogen and oxygen atoms in total. The number of carboxylic acid groups (broad SMARTS) is 2. The lowest BCUT2D eigenvalue weighted by molar-refractivity contribution is -0.147. The molecule has 0 saturated carbocycles. The molecule has 0 aromatic heterocycles. The van der Waals surface area contributed by atoms with E-state index in [1.165, 1.54) is 0 Å². The van der Waals surface area contributed by atoms with Gasteiger partial charge in [-0.3, -0.25) is 9.59 Å². The Balaban J connectivity index is 3.83. The molecular formula is C5H8O4. The normalized spacial score (nSPS) is 14.0. The Labute approximate surface area is 53.5 Å². The average Bonchev–Trinajstić information content (AvgIpc) is 1.81. The van der Waals surface area contributed by atoms with Gasteiger partial charge in [-0.05, 0) is 0 Å². The fraction of sp³-hybridized carbons (Fsp3) is 0.600. The topological polar surface area (TPSA) is 74.6 Å². The molecule has 9 heavy (non-hydrogen) atoms. The molecule has 0 saturated heterocycles. The number of rotatable bonds is 3. The Morgan fingerprint density at radius 3 is 2.33 bits per heavy atom. The maximum absolute atomic E-state index is 10.1. The first-order valence-electron chi connectivity index (χ1n) is 3.02. The van der Waals surface area contributed by atoms with Crippen molar-refractivity contribution in [2.24, 2.45) is 5.92 Å². The molecule has 0 rings (SSSR count). The van der Waals surface area contributed by atoms with Crippen LogP contribution in [0.25, 0.3) is 0 Å². The Morgan fingerprint density at radius 2 is 2.22 bits per heavy atom. The summed E-state index contributed by atoms with van der Waals surface area (Å²) in [5.74, 6) is -3.48. The maximum atomic E-state index is 10.1. The zero-order chi connectivity index (χ0) is 8.15. The third-order valence-electron chi connectivity index (χ3n) is 0.770. The number of hydrogen-bond acceptors (Lipinski definition) is 2. The van der Waals surface area contributed by atoms with Crippen LogP contribution in [0.4, 0.5) is 0 Å². The molecule has 0 unspecified atom stereocenters. The van der Waals surface area contributed by atoms with Gasteiger partial charge in [0, 0.05) is 1.37 Å². The molecule has 52 valence electrons. The van der Waals surface area contributed by atoms with E-state index >= 15 is 0 Å². The van der Waals surface area contributed by atoms with Gasteiger partial charge in [0.15, 0.2) is 0 Å². The summed E-state index contributed by atoms with van der Waals surface area (Å²) in [5.41, 5.74) is 0. The van der Waals surface area contributed by atoms with Gasteiger partial charge in [-0.15, -0.1) is 0 Å². The molecule has 0 radical (unpaired) electrons. The van der Waals surface area contributed by atoms with E-state index in [9.17, 15) is 9.59 Å². The number of hydrogen-bond donors (Lipinski definition) is 2. The van der Waals surface area contributed by atoms with Crippen LogP contribution in [0.1, 0.15) is 14.7 Å². The van der Waals surface area contributed by atoms with Gasteiger partial charge < -0.3 is 10.2 Å². The fourth-order valence-electron chi connectivity index (χ4n) is 0.298. The zero-order valence-corrected chi connectivity index (χ0v) is 4.70. The Bertz CT molecular complexity index is 145. The first kappa shape index (κ1) is 6.07. The summed E-state index contributed by atoms with van der Waals surface area (Å²) in [6.45, 7) is -0.387. The van der Waals surface area contributed by atoms with E-state index < -0.39 is 24.3 Å². The highest BCUT2D eigenvalue weighted by Gasteiger charge is 2.13. The molecule has 0 aromatic carbocycles. The van der Waals surface area contributed by atoms with Crippen molar-refractivity contribution in [3.8, 4) is 0 Å². The second kappa shape index (κ2) is 3.06. The molecule has 0 aliphatic carbocycles. The fourth-order valence-corrected chi connectivity index (χ4v) is 0.298. The minimum atomic E-state index is -1.22. The number of carbonyl (C=O) groups is 2. The van der Waals surface area contributed by atoms with Crippen LogP contribution in [0.15, 0.2) is 0 Å². The number of carboxylic acids is 2. The number of aliphatic carboxylic acids is 2. The summed E-state index contributed by atoms with van der Waals surface area (Å²) in [7, 11) is 0. The summed E-state index contributed by atoms with van der Waals surface area (Å²) in [6, 6.07) is 0. The summed E-state index contributed by atoms with van der Waals surface area (Å²) >= 11 is 0. The van der Waals surface area contributed by atoms with E-state index in [0.717, 1.165) is 0 Å². The van der Waals surface area contributed by atoms with Crippen molar-refractivity contribution in [3.05, 3.63) is 0 Å². The lowest BCUT2D eigenvalue weighted by Crippen LogP contribution is -2.13. The minimum absolute atomic E-state index is 0.387. The second-order valence-electron chi connectivity index (χ2n) is 1.63. The molecule has 0 spiro atoms. The SMILES string of the molecule is [2H]C[C@@H](CC(=O)O)C(=O)O. The first-order chi connectivity index (χ1) is 4.57. The van der Waals surface area contributed by atoms with Crippen LogP contribution >= 0.6 is 0 Å². The van der Waals surface area contributed by atoms with Crippen LogP contribution in [0, 0.1) is 5.92 Å². The van der Waals surface area contributed by atoms with Crippen molar-refractivity contribution in [3.63, 3.8) is 0 Å². The van der Waals surface area contributed by atoms with Crippen LogP contribution in [0.3, 0.4) is 0 Å². The molecular weight excluding hydrogens is 124 g/mol. The molecule has 1 atom stereocenters. The minimum Gasteiger partial charge on any atom is -0.481 e.